The van der Waals surface area contributed by atoms with Gasteiger partial charge in [0.25, 0.3) is 0 Å². The zero-order valence-corrected chi connectivity index (χ0v) is 19.9. The molecule has 0 saturated heterocycles. The first-order chi connectivity index (χ1) is 13.8. The highest BCUT2D eigenvalue weighted by Gasteiger charge is 2.33. The third kappa shape index (κ3) is 6.70. The molecule has 1 saturated carbocycles. The van der Waals surface area contributed by atoms with Crippen molar-refractivity contribution in [1.82, 2.24) is 20.4 Å². The van der Waals surface area contributed by atoms with E-state index in [1.807, 2.05) is 23.0 Å². The van der Waals surface area contributed by atoms with Crippen LogP contribution in [0.2, 0.25) is 0 Å². The van der Waals surface area contributed by atoms with E-state index >= 15 is 0 Å². The average molecular weight is 511 g/mol. The Morgan fingerprint density at radius 2 is 2.00 bits per heavy atom. The average Bonchev–Trinajstić information content (AvgIpc) is 3.41. The number of hydrogen-bond acceptors (Lipinski definition) is 3. The maximum atomic E-state index is 5.36. The lowest BCUT2D eigenvalue weighted by atomic mass is 9.83. The smallest absolute Gasteiger partial charge is 0.191 e. The largest absolute Gasteiger partial charge is 0.385 e. The number of methoxy groups -OCH3 is 1. The Balaban J connectivity index is 0.00000300. The van der Waals surface area contributed by atoms with E-state index < -0.39 is 0 Å². The predicted octanol–water partition coefficient (Wildman–Crippen LogP) is 4.14. The Morgan fingerprint density at radius 1 is 1.21 bits per heavy atom. The van der Waals surface area contributed by atoms with E-state index in [0.29, 0.717) is 12.0 Å². The number of rotatable bonds is 9. The fraction of sp³-hybridized carbons (Fsp3) is 0.545. The standard InChI is InChI=1S/C22H33N5O.HI/c1-3-23-21(25-18-22(13-16-28-2)11-6-7-12-22)24-17-19-9-4-5-10-20(19)27-15-8-14-26-27;/h4-5,8-10,14-15H,3,6-7,11-13,16-18H2,1-2H3,(H2,23,24,25);1H. The Hall–Kier alpha value is -1.61. The number of halogens is 1. The number of hydrogen-bond donors (Lipinski definition) is 2. The van der Waals surface area contributed by atoms with Crippen molar-refractivity contribution < 1.29 is 4.74 Å². The summed E-state index contributed by atoms with van der Waals surface area (Å²) in [6.45, 7) is 5.33. The number of para-hydroxylation sites is 1. The van der Waals surface area contributed by atoms with Crippen LogP contribution in [-0.2, 0) is 11.3 Å². The van der Waals surface area contributed by atoms with Crippen LogP contribution in [0.4, 0.5) is 0 Å². The molecule has 1 aromatic heterocycles. The third-order valence-corrected chi connectivity index (χ3v) is 5.63. The lowest BCUT2D eigenvalue weighted by Crippen LogP contribution is -2.43. The molecule has 3 rings (SSSR count). The van der Waals surface area contributed by atoms with Gasteiger partial charge in [0.1, 0.15) is 0 Å². The van der Waals surface area contributed by atoms with Crippen LogP contribution in [0.3, 0.4) is 0 Å². The molecule has 1 fully saturated rings. The molecular weight excluding hydrogens is 477 g/mol. The highest BCUT2D eigenvalue weighted by molar-refractivity contribution is 14.0. The maximum absolute atomic E-state index is 5.36. The Labute approximate surface area is 191 Å². The molecular formula is C22H34IN5O. The predicted molar refractivity (Wildman–Crippen MR) is 129 cm³/mol. The molecule has 29 heavy (non-hydrogen) atoms. The topological polar surface area (TPSA) is 63.5 Å². The Morgan fingerprint density at radius 3 is 2.69 bits per heavy atom. The molecule has 0 spiro atoms. The molecule has 0 amide bonds. The molecule has 2 aromatic rings. The summed E-state index contributed by atoms with van der Waals surface area (Å²) < 4.78 is 7.25. The molecule has 1 aliphatic rings. The van der Waals surface area contributed by atoms with Gasteiger partial charge in [-0.1, -0.05) is 31.0 Å². The first-order valence-electron chi connectivity index (χ1n) is 10.4. The van der Waals surface area contributed by atoms with E-state index in [0.717, 1.165) is 43.3 Å². The van der Waals surface area contributed by atoms with Gasteiger partial charge in [0.15, 0.2) is 5.96 Å². The summed E-state index contributed by atoms with van der Waals surface area (Å²) in [7, 11) is 1.79. The molecule has 0 aliphatic heterocycles. The SMILES string of the molecule is CCNC(=NCc1ccccc1-n1cccn1)NCC1(CCOC)CCCC1.I. The van der Waals surface area contributed by atoms with Gasteiger partial charge in [-0.3, -0.25) is 0 Å². The molecule has 6 nitrogen and oxygen atoms in total. The second kappa shape index (κ2) is 12.2. The minimum atomic E-state index is 0. The summed E-state index contributed by atoms with van der Waals surface area (Å²) in [6.07, 6.45) is 10.0. The van der Waals surface area contributed by atoms with Gasteiger partial charge in [0.2, 0.25) is 0 Å². The summed E-state index contributed by atoms with van der Waals surface area (Å²) in [5.74, 6) is 0.876. The van der Waals surface area contributed by atoms with Crippen LogP contribution >= 0.6 is 24.0 Å². The van der Waals surface area contributed by atoms with Gasteiger partial charge in [-0.25, -0.2) is 9.67 Å². The van der Waals surface area contributed by atoms with E-state index in [2.05, 4.69) is 40.9 Å². The van der Waals surface area contributed by atoms with Crippen molar-refractivity contribution in [3.05, 3.63) is 48.3 Å². The number of guanidine groups is 1. The summed E-state index contributed by atoms with van der Waals surface area (Å²) in [5.41, 5.74) is 2.55. The van der Waals surface area contributed by atoms with Crippen LogP contribution in [0.1, 0.15) is 44.6 Å². The zero-order valence-electron chi connectivity index (χ0n) is 17.6. The molecule has 160 valence electrons. The Bertz CT molecular complexity index is 741. The molecule has 1 heterocycles. The first kappa shape index (κ1) is 23.7. The van der Waals surface area contributed by atoms with Crippen molar-refractivity contribution in [2.45, 2.75) is 45.6 Å². The van der Waals surface area contributed by atoms with Gasteiger partial charge in [0, 0.05) is 39.2 Å². The molecule has 7 heteroatoms. The zero-order chi connectivity index (χ0) is 19.7. The molecule has 2 N–H and O–H groups in total. The van der Waals surface area contributed by atoms with Crippen LogP contribution in [-0.4, -0.2) is 42.5 Å². The lowest BCUT2D eigenvalue weighted by molar-refractivity contribution is 0.138. The van der Waals surface area contributed by atoms with E-state index in [-0.39, 0.29) is 24.0 Å². The number of benzene rings is 1. The van der Waals surface area contributed by atoms with Gasteiger partial charge in [0.05, 0.1) is 12.2 Å². The minimum Gasteiger partial charge on any atom is -0.385 e. The van der Waals surface area contributed by atoms with Crippen LogP contribution in [0.15, 0.2) is 47.7 Å². The highest BCUT2D eigenvalue weighted by Crippen LogP contribution is 2.40. The minimum absolute atomic E-state index is 0. The van der Waals surface area contributed by atoms with Crippen molar-refractivity contribution in [2.24, 2.45) is 10.4 Å². The first-order valence-corrected chi connectivity index (χ1v) is 10.4. The molecule has 1 aliphatic carbocycles. The molecule has 0 bridgehead atoms. The van der Waals surface area contributed by atoms with E-state index in [1.54, 1.807) is 13.3 Å². The fourth-order valence-electron chi connectivity index (χ4n) is 4.02. The number of aromatic nitrogens is 2. The second-order valence-corrected chi connectivity index (χ2v) is 7.58. The van der Waals surface area contributed by atoms with E-state index in [9.17, 15) is 0 Å². The Kier molecular flexibility index (Phi) is 9.93. The molecule has 0 atom stereocenters. The summed E-state index contributed by atoms with van der Waals surface area (Å²) in [5, 5.41) is 11.3. The van der Waals surface area contributed by atoms with Crippen molar-refractivity contribution in [3.8, 4) is 5.69 Å². The number of nitrogens with one attached hydrogen (secondary N) is 2. The van der Waals surface area contributed by atoms with E-state index in [4.69, 9.17) is 9.73 Å². The van der Waals surface area contributed by atoms with Crippen LogP contribution in [0.5, 0.6) is 0 Å². The van der Waals surface area contributed by atoms with Gasteiger partial charge in [-0.15, -0.1) is 24.0 Å². The van der Waals surface area contributed by atoms with Crippen molar-refractivity contribution in [3.63, 3.8) is 0 Å². The second-order valence-electron chi connectivity index (χ2n) is 7.58. The number of aliphatic imine (C=N–C) groups is 1. The van der Waals surface area contributed by atoms with Gasteiger partial charge in [-0.05, 0) is 49.3 Å². The number of nitrogens with zero attached hydrogens (tertiary/aromatic N) is 3. The van der Waals surface area contributed by atoms with Gasteiger partial charge >= 0.3 is 0 Å². The normalized spacial score (nSPS) is 15.7. The van der Waals surface area contributed by atoms with Crippen LogP contribution < -0.4 is 10.6 Å². The van der Waals surface area contributed by atoms with E-state index in [1.165, 1.54) is 25.7 Å². The molecule has 0 radical (unpaired) electrons. The fourth-order valence-corrected chi connectivity index (χ4v) is 4.02. The van der Waals surface area contributed by atoms with Crippen molar-refractivity contribution in [2.75, 3.05) is 26.8 Å². The maximum Gasteiger partial charge on any atom is 0.191 e. The lowest BCUT2D eigenvalue weighted by Gasteiger charge is -2.30. The quantitative estimate of drug-likeness (QED) is 0.302. The third-order valence-electron chi connectivity index (χ3n) is 5.63. The highest BCUT2D eigenvalue weighted by atomic mass is 127. The van der Waals surface area contributed by atoms with Crippen molar-refractivity contribution >= 4 is 29.9 Å². The summed E-state index contributed by atoms with van der Waals surface area (Å²) >= 11 is 0. The molecule has 0 unspecified atom stereocenters. The van der Waals surface area contributed by atoms with Gasteiger partial charge < -0.3 is 15.4 Å². The number of ether oxygens (including phenoxy) is 1. The van der Waals surface area contributed by atoms with Crippen LogP contribution in [0.25, 0.3) is 5.69 Å². The summed E-state index contributed by atoms with van der Waals surface area (Å²) in [6, 6.07) is 10.2. The summed E-state index contributed by atoms with van der Waals surface area (Å²) in [4.78, 5) is 4.85. The monoisotopic (exact) mass is 511 g/mol. The van der Waals surface area contributed by atoms with Crippen molar-refractivity contribution in [1.29, 1.82) is 0 Å². The molecule has 1 aromatic carbocycles. The van der Waals surface area contributed by atoms with Gasteiger partial charge in [-0.2, -0.15) is 5.10 Å². The van der Waals surface area contributed by atoms with Crippen LogP contribution in [0, 0.1) is 5.41 Å².